The van der Waals surface area contributed by atoms with Crippen LogP contribution in [0, 0.1) is 118 Å². The summed E-state index contributed by atoms with van der Waals surface area (Å²) in [4.78, 5) is 34.4. The second-order valence-corrected chi connectivity index (χ2v) is 22.7. The van der Waals surface area contributed by atoms with Crippen molar-refractivity contribution in [3.63, 3.8) is 0 Å². The Hall–Kier alpha value is -11.1. The van der Waals surface area contributed by atoms with Gasteiger partial charge >= 0.3 is 0 Å². The molecule has 12 heteroatoms. The van der Waals surface area contributed by atoms with Gasteiger partial charge in [-0.1, -0.05) is 55.4 Å². The standard InChI is InChI=1S/C76H66N8O4/c1-51(2)41-45-85-73-65-29-25-55(77-65)49-56-26-30-66(78-56)74(86-46-42-52(3)4)70-38-34-62(82-70)59(61-33-37-69(73)81-61)23-21-19-17-15-13-11-9-10-12-14-16-18-20-22-24-60-63-35-39-71(83-63)75(87-47-43-53(5)6)67-31-27-57(79-67)50-58-28-32-68(80-58)76(88-48-44-54(7)8)72-40-36-64(60)84-72/h25-40,49-54,77-80H,41-48H2,1-8H3. The minimum absolute atomic E-state index is 0.469. The van der Waals surface area contributed by atoms with Gasteiger partial charge in [-0.05, 0) is 253 Å². The number of hydrogen-bond donors (Lipinski definition) is 4. The third-order valence-corrected chi connectivity index (χ3v) is 13.9. The summed E-state index contributed by atoms with van der Waals surface area (Å²) in [5.74, 6) is 49.7. The average Bonchev–Trinajstić information content (AvgIpc) is 2.97. The summed E-state index contributed by atoms with van der Waals surface area (Å²) in [6.07, 6.45) is 19.0. The number of nitrogens with one attached hydrogen (secondary N) is 4. The van der Waals surface area contributed by atoms with Crippen LogP contribution < -0.4 is 18.9 Å². The summed E-state index contributed by atoms with van der Waals surface area (Å²) >= 11 is 0. The van der Waals surface area contributed by atoms with Gasteiger partial charge in [0.2, 0.25) is 0 Å². The van der Waals surface area contributed by atoms with Crippen molar-refractivity contribution in [3.05, 3.63) is 117 Å². The summed E-state index contributed by atoms with van der Waals surface area (Å²) < 4.78 is 25.8. The van der Waals surface area contributed by atoms with Crippen LogP contribution in [0.1, 0.15) is 138 Å². The quantitative estimate of drug-likeness (QED) is 0.0698. The molecule has 4 N–H and O–H groups in total. The van der Waals surface area contributed by atoms with E-state index in [1.54, 1.807) is 0 Å². The van der Waals surface area contributed by atoms with E-state index < -0.39 is 0 Å². The molecule has 0 aromatic carbocycles. The number of aromatic nitrogens is 8. The average molecular weight is 1160 g/mol. The highest BCUT2D eigenvalue weighted by Gasteiger charge is 2.19. The molecule has 4 aliphatic rings. The predicted molar refractivity (Wildman–Crippen MR) is 358 cm³/mol. The molecule has 12 nitrogen and oxygen atoms in total. The van der Waals surface area contributed by atoms with E-state index in [1.807, 2.05) is 97.1 Å². The van der Waals surface area contributed by atoms with Gasteiger partial charge in [0.25, 0.3) is 0 Å². The van der Waals surface area contributed by atoms with Gasteiger partial charge in [-0.25, -0.2) is 19.9 Å². The molecule has 16 bridgehead atoms. The molecule has 6 aromatic rings. The van der Waals surface area contributed by atoms with E-state index in [-0.39, 0.29) is 0 Å². The fourth-order valence-electron chi connectivity index (χ4n) is 9.19. The Kier molecular flexibility index (Phi) is 19.9. The van der Waals surface area contributed by atoms with Crippen LogP contribution in [-0.2, 0) is 0 Å². The summed E-state index contributed by atoms with van der Waals surface area (Å²) in [7, 11) is 0. The minimum Gasteiger partial charge on any atom is -0.489 e. The zero-order valence-electron chi connectivity index (χ0n) is 50.8. The zero-order chi connectivity index (χ0) is 61.2. The predicted octanol–water partition coefficient (Wildman–Crippen LogP) is 14.7. The molecule has 10 rings (SSSR count). The Balaban J connectivity index is 0.911. The Labute approximate surface area is 515 Å². The molecule has 0 unspecified atom stereocenters. The third kappa shape index (κ3) is 16.0. The normalized spacial score (nSPS) is 11.3. The van der Waals surface area contributed by atoms with Crippen LogP contribution in [0.3, 0.4) is 0 Å². The lowest BCUT2D eigenvalue weighted by molar-refractivity contribution is 0.290. The maximum atomic E-state index is 6.46. The lowest BCUT2D eigenvalue weighted by Gasteiger charge is -2.09. The zero-order valence-corrected chi connectivity index (χ0v) is 50.8. The Morgan fingerprint density at radius 2 is 0.511 bits per heavy atom. The summed E-state index contributed by atoms with van der Waals surface area (Å²) in [6.45, 7) is 19.5. The number of hydrogen-bond acceptors (Lipinski definition) is 8. The second-order valence-electron chi connectivity index (χ2n) is 22.7. The van der Waals surface area contributed by atoms with Crippen LogP contribution in [-0.4, -0.2) is 66.3 Å². The smallest absolute Gasteiger partial charge is 0.168 e. The number of aromatic amines is 4. The molecule has 0 fully saturated rings. The molecule has 0 spiro atoms. The number of H-pyrrole nitrogens is 4. The molecule has 10 heterocycles. The largest absolute Gasteiger partial charge is 0.489 e. The monoisotopic (exact) mass is 1150 g/mol. The lowest BCUT2D eigenvalue weighted by atomic mass is 10.1. The van der Waals surface area contributed by atoms with Gasteiger partial charge in [-0.3, -0.25) is 0 Å². The van der Waals surface area contributed by atoms with Crippen LogP contribution in [0.5, 0.6) is 23.0 Å². The van der Waals surface area contributed by atoms with Crippen molar-refractivity contribution in [2.75, 3.05) is 26.4 Å². The molecule has 0 radical (unpaired) electrons. The van der Waals surface area contributed by atoms with Crippen molar-refractivity contribution in [2.45, 2.75) is 81.1 Å². The van der Waals surface area contributed by atoms with Crippen molar-refractivity contribution < 1.29 is 18.9 Å². The first-order valence-corrected chi connectivity index (χ1v) is 29.7. The van der Waals surface area contributed by atoms with E-state index in [0.717, 1.165) is 69.8 Å². The summed E-state index contributed by atoms with van der Waals surface area (Å²) in [6, 6.07) is 20.3. The van der Waals surface area contributed by atoms with Gasteiger partial charge in [0.15, 0.2) is 23.0 Å². The Morgan fingerprint density at radius 3 is 0.739 bits per heavy atom. The first-order chi connectivity index (χ1) is 42.9. The molecule has 0 aliphatic carbocycles. The maximum Gasteiger partial charge on any atom is 0.168 e. The summed E-state index contributed by atoms with van der Waals surface area (Å²) in [5, 5.41) is 0. The highest BCUT2D eigenvalue weighted by molar-refractivity contribution is 5.88. The van der Waals surface area contributed by atoms with Crippen LogP contribution in [0.2, 0.25) is 0 Å². The van der Waals surface area contributed by atoms with E-state index in [1.165, 1.54) is 0 Å². The van der Waals surface area contributed by atoms with Crippen molar-refractivity contribution in [3.8, 4) is 118 Å². The number of ether oxygens (including phenoxy) is 4. The molecule has 6 aromatic heterocycles. The highest BCUT2D eigenvalue weighted by atomic mass is 16.5. The minimum atomic E-state index is 0.469. The first kappa shape index (κ1) is 60.0. The fourth-order valence-corrected chi connectivity index (χ4v) is 9.19. The molecule has 434 valence electrons. The molecule has 0 saturated carbocycles. The SMILES string of the molecule is CC(C)CCOc1c2nc(c(C#CC#CC#CC#CC#CC#CC#CC#Cc3c4nc(c(OCCC(C)C)c5ccc(cc6ccc([nH]6)c(OCCC(C)C)c6nc3C=C6)[nH]5)C=C4)c3nc(c(OCCC(C)C)c4ccc(cc5ccc1[nH]5)[nH]4)C=C3)C=C2. The van der Waals surface area contributed by atoms with E-state index in [0.29, 0.717) is 130 Å². The molecular formula is C76H66N8O4. The molecule has 88 heavy (non-hydrogen) atoms. The van der Waals surface area contributed by atoms with Crippen LogP contribution >= 0.6 is 0 Å². The molecule has 0 saturated heterocycles. The number of fused-ring (bicyclic) bond motifs is 16. The van der Waals surface area contributed by atoms with Crippen LogP contribution in [0.4, 0.5) is 0 Å². The van der Waals surface area contributed by atoms with Crippen LogP contribution in [0.25, 0.3) is 92.7 Å². The molecule has 0 amide bonds. The first-order valence-electron chi connectivity index (χ1n) is 29.7. The van der Waals surface area contributed by atoms with E-state index in [4.69, 9.17) is 38.9 Å². The van der Waals surface area contributed by atoms with E-state index >= 15 is 0 Å². The Morgan fingerprint density at radius 1 is 0.295 bits per heavy atom. The van der Waals surface area contributed by atoms with Gasteiger partial charge in [0.05, 0.1) is 82.4 Å². The van der Waals surface area contributed by atoms with Gasteiger partial charge in [0, 0.05) is 22.1 Å². The third-order valence-electron chi connectivity index (χ3n) is 13.9. The Bertz CT molecular complexity index is 4200. The molecule has 0 atom stereocenters. The van der Waals surface area contributed by atoms with Gasteiger partial charge in [-0.15, -0.1) is 0 Å². The van der Waals surface area contributed by atoms with Gasteiger partial charge in [0.1, 0.15) is 22.8 Å². The van der Waals surface area contributed by atoms with Gasteiger partial charge < -0.3 is 38.9 Å². The van der Waals surface area contributed by atoms with E-state index in [9.17, 15) is 0 Å². The fraction of sp³-hybridized carbons (Fsp3) is 0.263. The lowest BCUT2D eigenvalue weighted by Crippen LogP contribution is -2.03. The van der Waals surface area contributed by atoms with Crippen molar-refractivity contribution in [1.29, 1.82) is 0 Å². The van der Waals surface area contributed by atoms with Gasteiger partial charge in [-0.2, -0.15) is 0 Å². The highest BCUT2D eigenvalue weighted by Crippen LogP contribution is 2.34. The maximum absolute atomic E-state index is 6.46. The molecular weight excluding hydrogens is 1090 g/mol. The summed E-state index contributed by atoms with van der Waals surface area (Å²) in [5.41, 5.74) is 13.2. The van der Waals surface area contributed by atoms with E-state index in [2.05, 4.69) is 182 Å². The van der Waals surface area contributed by atoms with Crippen molar-refractivity contribution in [1.82, 2.24) is 39.9 Å². The number of rotatable bonds is 16. The number of nitrogens with zero attached hydrogens (tertiary/aromatic N) is 4. The van der Waals surface area contributed by atoms with Crippen LogP contribution in [0.15, 0.2) is 60.7 Å². The topological polar surface area (TPSA) is 152 Å². The van der Waals surface area contributed by atoms with Crippen molar-refractivity contribution >= 4 is 92.7 Å². The molecule has 4 aliphatic heterocycles. The second kappa shape index (κ2) is 29.1. The van der Waals surface area contributed by atoms with Crippen molar-refractivity contribution in [2.24, 2.45) is 23.7 Å².